The number of carboxylic acid groups (broad SMARTS) is 1. The zero-order valence-electron chi connectivity index (χ0n) is 16.4. The largest absolute Gasteiger partial charge is 0.480 e. The van der Waals surface area contributed by atoms with E-state index in [2.05, 4.69) is 21.3 Å². The van der Waals surface area contributed by atoms with Gasteiger partial charge in [0.15, 0.2) is 0 Å². The molecule has 1 fully saturated rings. The van der Waals surface area contributed by atoms with Crippen molar-refractivity contribution in [2.75, 3.05) is 25.1 Å². The summed E-state index contributed by atoms with van der Waals surface area (Å²) in [5.74, 6) is -2.89. The van der Waals surface area contributed by atoms with Crippen molar-refractivity contribution in [1.82, 2.24) is 21.3 Å². The third-order valence-corrected chi connectivity index (χ3v) is 5.00. The average molecular weight is 432 g/mol. The first kappa shape index (κ1) is 24.7. The Morgan fingerprint density at radius 3 is 2.45 bits per heavy atom. The molecule has 0 aromatic carbocycles. The second-order valence-electron chi connectivity index (χ2n) is 6.67. The van der Waals surface area contributed by atoms with Crippen molar-refractivity contribution in [1.29, 1.82) is 0 Å². The second-order valence-corrected chi connectivity index (χ2v) is 7.66. The van der Waals surface area contributed by atoms with E-state index in [1.165, 1.54) is 11.8 Å². The Balaban J connectivity index is 2.58. The maximum atomic E-state index is 12.4. The molecule has 1 saturated heterocycles. The van der Waals surface area contributed by atoms with Crippen LogP contribution in [-0.4, -0.2) is 77.9 Å². The van der Waals surface area contributed by atoms with E-state index in [4.69, 9.17) is 10.8 Å². The van der Waals surface area contributed by atoms with Gasteiger partial charge < -0.3 is 32.1 Å². The molecule has 12 heteroatoms. The summed E-state index contributed by atoms with van der Waals surface area (Å²) < 4.78 is 0. The normalized spacial score (nSPS) is 17.8. The van der Waals surface area contributed by atoms with Gasteiger partial charge in [0.2, 0.25) is 23.6 Å². The zero-order valence-corrected chi connectivity index (χ0v) is 17.2. The molecule has 4 amide bonds. The summed E-state index contributed by atoms with van der Waals surface area (Å²) in [6.45, 7) is 0.254. The molecule has 1 heterocycles. The lowest BCUT2D eigenvalue weighted by atomic mass is 10.1. The van der Waals surface area contributed by atoms with Gasteiger partial charge in [0, 0.05) is 6.42 Å². The van der Waals surface area contributed by atoms with E-state index in [9.17, 15) is 24.0 Å². The predicted molar refractivity (Wildman–Crippen MR) is 107 cm³/mol. The van der Waals surface area contributed by atoms with Gasteiger partial charge >= 0.3 is 5.97 Å². The standard InChI is InChI=1S/C17H29N5O6S/c1-29-8-6-12(17(27)28)21-14(24)9-20-15(25)11(4-5-13(18)23)22-16(26)10-3-2-7-19-10/h10-12,19H,2-9H2,1H3,(H2,18,23)(H,20,25)(H,21,24)(H,22,26)(H,27,28). The zero-order chi connectivity index (χ0) is 21.8. The minimum Gasteiger partial charge on any atom is -0.480 e. The Morgan fingerprint density at radius 1 is 1.17 bits per heavy atom. The summed E-state index contributed by atoms with van der Waals surface area (Å²) in [6.07, 6.45) is 3.44. The van der Waals surface area contributed by atoms with E-state index in [1.807, 2.05) is 6.26 Å². The molecule has 11 nitrogen and oxygen atoms in total. The lowest BCUT2D eigenvalue weighted by Gasteiger charge is -2.20. The third kappa shape index (κ3) is 9.61. The lowest BCUT2D eigenvalue weighted by Crippen LogP contribution is -2.53. The fourth-order valence-electron chi connectivity index (χ4n) is 2.77. The highest BCUT2D eigenvalue weighted by molar-refractivity contribution is 7.98. The van der Waals surface area contributed by atoms with Gasteiger partial charge in [-0.15, -0.1) is 0 Å². The van der Waals surface area contributed by atoms with Crippen LogP contribution in [0.3, 0.4) is 0 Å². The quantitative estimate of drug-likeness (QED) is 0.192. The first-order valence-electron chi connectivity index (χ1n) is 9.35. The molecular weight excluding hydrogens is 402 g/mol. The summed E-state index contributed by atoms with van der Waals surface area (Å²) in [5.41, 5.74) is 5.12. The fourth-order valence-corrected chi connectivity index (χ4v) is 3.24. The van der Waals surface area contributed by atoms with Crippen LogP contribution in [0.5, 0.6) is 0 Å². The number of carbonyl (C=O) groups is 5. The Bertz CT molecular complexity index is 611. The van der Waals surface area contributed by atoms with Crippen molar-refractivity contribution in [2.24, 2.45) is 5.73 Å². The molecule has 0 aromatic heterocycles. The average Bonchev–Trinajstić information content (AvgIpc) is 3.20. The van der Waals surface area contributed by atoms with Crippen molar-refractivity contribution in [3.05, 3.63) is 0 Å². The molecule has 1 aliphatic heterocycles. The Hall–Kier alpha value is -2.34. The number of hydrogen-bond acceptors (Lipinski definition) is 7. The Morgan fingerprint density at radius 2 is 1.90 bits per heavy atom. The number of nitrogens with one attached hydrogen (secondary N) is 4. The van der Waals surface area contributed by atoms with Gasteiger partial charge in [-0.1, -0.05) is 0 Å². The van der Waals surface area contributed by atoms with E-state index < -0.39 is 48.4 Å². The highest BCUT2D eigenvalue weighted by atomic mass is 32.2. The molecule has 0 spiro atoms. The van der Waals surface area contributed by atoms with Crippen LogP contribution in [0.15, 0.2) is 0 Å². The summed E-state index contributed by atoms with van der Waals surface area (Å²) in [5, 5.41) is 19.4. The maximum Gasteiger partial charge on any atom is 0.326 e. The number of rotatable bonds is 13. The highest BCUT2D eigenvalue weighted by Gasteiger charge is 2.28. The van der Waals surface area contributed by atoms with E-state index in [0.717, 1.165) is 6.42 Å². The van der Waals surface area contributed by atoms with Gasteiger partial charge in [0.1, 0.15) is 12.1 Å². The third-order valence-electron chi connectivity index (χ3n) is 4.36. The lowest BCUT2D eigenvalue weighted by molar-refractivity contribution is -0.141. The first-order chi connectivity index (χ1) is 13.7. The topological polar surface area (TPSA) is 180 Å². The van der Waals surface area contributed by atoms with Gasteiger partial charge in [-0.05, 0) is 44.2 Å². The van der Waals surface area contributed by atoms with Crippen LogP contribution < -0.4 is 27.0 Å². The van der Waals surface area contributed by atoms with E-state index in [-0.39, 0.29) is 25.2 Å². The molecule has 0 radical (unpaired) electrons. The summed E-state index contributed by atoms with van der Waals surface area (Å²) >= 11 is 1.45. The Labute approximate surface area is 173 Å². The van der Waals surface area contributed by atoms with Crippen molar-refractivity contribution >= 4 is 41.4 Å². The van der Waals surface area contributed by atoms with Crippen molar-refractivity contribution in [2.45, 2.75) is 50.2 Å². The van der Waals surface area contributed by atoms with E-state index in [1.54, 1.807) is 0 Å². The highest BCUT2D eigenvalue weighted by Crippen LogP contribution is 2.06. The van der Waals surface area contributed by atoms with Crippen LogP contribution in [0.2, 0.25) is 0 Å². The minimum absolute atomic E-state index is 0.00722. The van der Waals surface area contributed by atoms with Crippen molar-refractivity contribution in [3.8, 4) is 0 Å². The summed E-state index contributed by atoms with van der Waals surface area (Å²) in [4.78, 5) is 58.9. The van der Waals surface area contributed by atoms with Crippen LogP contribution in [0.25, 0.3) is 0 Å². The molecule has 164 valence electrons. The number of aliphatic carboxylic acids is 1. The van der Waals surface area contributed by atoms with E-state index >= 15 is 0 Å². The molecule has 0 aliphatic carbocycles. The van der Waals surface area contributed by atoms with Gasteiger partial charge in [-0.25, -0.2) is 4.79 Å². The van der Waals surface area contributed by atoms with Crippen LogP contribution in [0.4, 0.5) is 0 Å². The molecule has 3 unspecified atom stereocenters. The number of amides is 4. The first-order valence-corrected chi connectivity index (χ1v) is 10.7. The smallest absolute Gasteiger partial charge is 0.326 e. The van der Waals surface area contributed by atoms with Crippen LogP contribution in [0.1, 0.15) is 32.1 Å². The van der Waals surface area contributed by atoms with Crippen LogP contribution >= 0.6 is 11.8 Å². The molecule has 0 bridgehead atoms. The van der Waals surface area contributed by atoms with Gasteiger partial charge in [-0.3, -0.25) is 19.2 Å². The molecule has 1 rings (SSSR count). The number of hydrogen-bond donors (Lipinski definition) is 6. The molecule has 29 heavy (non-hydrogen) atoms. The van der Waals surface area contributed by atoms with E-state index in [0.29, 0.717) is 18.7 Å². The van der Waals surface area contributed by atoms with Crippen LogP contribution in [0, 0.1) is 0 Å². The maximum absolute atomic E-state index is 12.4. The monoisotopic (exact) mass is 431 g/mol. The van der Waals surface area contributed by atoms with Crippen molar-refractivity contribution in [3.63, 3.8) is 0 Å². The molecule has 7 N–H and O–H groups in total. The number of carboxylic acids is 1. The summed E-state index contributed by atoms with van der Waals surface area (Å²) in [7, 11) is 0. The predicted octanol–water partition coefficient (Wildman–Crippen LogP) is -2.07. The number of thioether (sulfide) groups is 1. The minimum atomic E-state index is -1.16. The molecule has 0 aromatic rings. The number of nitrogens with two attached hydrogens (primary N) is 1. The van der Waals surface area contributed by atoms with Gasteiger partial charge in [-0.2, -0.15) is 11.8 Å². The molecule has 0 saturated carbocycles. The van der Waals surface area contributed by atoms with Gasteiger partial charge in [0.05, 0.1) is 12.6 Å². The van der Waals surface area contributed by atoms with Crippen molar-refractivity contribution < 1.29 is 29.1 Å². The Kier molecular flexibility index (Phi) is 11.1. The molecule has 3 atom stereocenters. The summed E-state index contributed by atoms with van der Waals surface area (Å²) in [6, 6.07) is -2.49. The second kappa shape index (κ2) is 13.0. The SMILES string of the molecule is CSCCC(NC(=O)CNC(=O)C(CCC(N)=O)NC(=O)C1CCCN1)C(=O)O. The van der Waals surface area contributed by atoms with Crippen LogP contribution in [-0.2, 0) is 24.0 Å². The molecular formula is C17H29N5O6S. The number of primary amides is 1. The number of carbonyl (C=O) groups excluding carboxylic acids is 4. The molecule has 1 aliphatic rings. The van der Waals surface area contributed by atoms with Gasteiger partial charge in [0.25, 0.3) is 0 Å². The fraction of sp³-hybridized carbons (Fsp3) is 0.706.